The Morgan fingerprint density at radius 2 is 2.00 bits per heavy atom. The highest BCUT2D eigenvalue weighted by molar-refractivity contribution is 5.72. The molecule has 0 radical (unpaired) electrons. The molecule has 0 aliphatic heterocycles. The maximum atomic E-state index is 11.2. The lowest BCUT2D eigenvalue weighted by Gasteiger charge is -2.09. The van der Waals surface area contributed by atoms with Crippen molar-refractivity contribution in [1.82, 2.24) is 5.48 Å². The minimum atomic E-state index is -0.233. The number of rotatable bonds is 6. The number of benzene rings is 1. The molecular formula is C12H17NO3. The lowest BCUT2D eigenvalue weighted by molar-refractivity contribution is -0.139. The predicted octanol–water partition coefficient (Wildman–Crippen LogP) is 1.44. The summed E-state index contributed by atoms with van der Waals surface area (Å²) in [4.78, 5) is 16.2. The maximum Gasteiger partial charge on any atom is 0.309 e. The average Bonchev–Trinajstić information content (AvgIpc) is 2.31. The van der Waals surface area contributed by atoms with Crippen LogP contribution in [0.2, 0.25) is 0 Å². The second kappa shape index (κ2) is 6.98. The van der Waals surface area contributed by atoms with Crippen molar-refractivity contribution in [3.05, 3.63) is 35.4 Å². The normalized spacial score (nSPS) is 10.1. The van der Waals surface area contributed by atoms with Crippen LogP contribution in [0.15, 0.2) is 24.3 Å². The molecule has 0 saturated heterocycles. The smallest absolute Gasteiger partial charge is 0.309 e. The van der Waals surface area contributed by atoms with Gasteiger partial charge in [-0.1, -0.05) is 24.3 Å². The molecule has 1 rings (SSSR count). The van der Waals surface area contributed by atoms with Gasteiger partial charge in [-0.05, 0) is 18.1 Å². The second-order valence-electron chi connectivity index (χ2n) is 3.28. The fraction of sp³-hybridized carbons (Fsp3) is 0.417. The van der Waals surface area contributed by atoms with Crippen LogP contribution in [0.25, 0.3) is 0 Å². The summed E-state index contributed by atoms with van der Waals surface area (Å²) < 4.78 is 4.64. The first-order valence-corrected chi connectivity index (χ1v) is 5.26. The van der Waals surface area contributed by atoms with Crippen LogP contribution in [-0.4, -0.2) is 19.7 Å². The summed E-state index contributed by atoms with van der Waals surface area (Å²) in [6, 6.07) is 7.72. The molecule has 0 saturated carbocycles. The van der Waals surface area contributed by atoms with Crippen molar-refractivity contribution >= 4 is 5.97 Å². The third-order valence-electron chi connectivity index (χ3n) is 2.19. The highest BCUT2D eigenvalue weighted by atomic mass is 16.6. The Morgan fingerprint density at radius 1 is 1.31 bits per heavy atom. The Kier molecular flexibility index (Phi) is 5.53. The Hall–Kier alpha value is -1.39. The van der Waals surface area contributed by atoms with E-state index in [1.807, 2.05) is 31.2 Å². The molecule has 88 valence electrons. The standard InChI is InChI=1S/C12H17NO3/c1-3-16-13-9-11-7-5-4-6-10(11)8-12(14)15-2/h4-7,13H,3,8-9H2,1-2H3. The molecule has 0 spiro atoms. The number of ether oxygens (including phenoxy) is 1. The molecule has 0 aliphatic rings. The van der Waals surface area contributed by atoms with Gasteiger partial charge in [-0.15, -0.1) is 0 Å². The van der Waals surface area contributed by atoms with Crippen LogP contribution >= 0.6 is 0 Å². The monoisotopic (exact) mass is 223 g/mol. The summed E-state index contributed by atoms with van der Waals surface area (Å²) in [6.45, 7) is 3.10. The zero-order valence-corrected chi connectivity index (χ0v) is 9.66. The van der Waals surface area contributed by atoms with Crippen molar-refractivity contribution in [2.75, 3.05) is 13.7 Å². The van der Waals surface area contributed by atoms with Gasteiger partial charge < -0.3 is 9.57 Å². The van der Waals surface area contributed by atoms with Crippen molar-refractivity contribution in [2.24, 2.45) is 0 Å². The second-order valence-corrected chi connectivity index (χ2v) is 3.28. The predicted molar refractivity (Wildman–Crippen MR) is 60.6 cm³/mol. The fourth-order valence-corrected chi connectivity index (χ4v) is 1.36. The van der Waals surface area contributed by atoms with Gasteiger partial charge in [-0.25, -0.2) is 0 Å². The van der Waals surface area contributed by atoms with Crippen molar-refractivity contribution in [2.45, 2.75) is 19.9 Å². The summed E-state index contributed by atoms with van der Waals surface area (Å²) in [6.07, 6.45) is 0.292. The summed E-state index contributed by atoms with van der Waals surface area (Å²) in [5.41, 5.74) is 4.83. The number of methoxy groups -OCH3 is 1. The van der Waals surface area contributed by atoms with Gasteiger partial charge in [0, 0.05) is 6.54 Å². The molecule has 4 heteroatoms. The summed E-state index contributed by atoms with van der Waals surface area (Å²) in [5.74, 6) is -0.233. The van der Waals surface area contributed by atoms with Gasteiger partial charge in [-0.3, -0.25) is 4.79 Å². The van der Waals surface area contributed by atoms with Crippen molar-refractivity contribution < 1.29 is 14.4 Å². The third kappa shape index (κ3) is 4.00. The Balaban J connectivity index is 2.63. The number of hydrogen-bond donors (Lipinski definition) is 1. The Morgan fingerprint density at radius 3 is 2.62 bits per heavy atom. The molecular weight excluding hydrogens is 206 g/mol. The number of nitrogens with one attached hydrogen (secondary N) is 1. The lowest BCUT2D eigenvalue weighted by atomic mass is 10.1. The van der Waals surface area contributed by atoms with E-state index in [-0.39, 0.29) is 5.97 Å². The van der Waals surface area contributed by atoms with E-state index in [0.717, 1.165) is 11.1 Å². The first-order chi connectivity index (χ1) is 7.77. The van der Waals surface area contributed by atoms with Crippen molar-refractivity contribution in [3.63, 3.8) is 0 Å². The van der Waals surface area contributed by atoms with Crippen LogP contribution in [-0.2, 0) is 27.3 Å². The fourth-order valence-electron chi connectivity index (χ4n) is 1.36. The molecule has 0 aromatic heterocycles. The quantitative estimate of drug-likeness (QED) is 0.450. The maximum absolute atomic E-state index is 11.2. The average molecular weight is 223 g/mol. The van der Waals surface area contributed by atoms with E-state index in [9.17, 15) is 4.79 Å². The first-order valence-electron chi connectivity index (χ1n) is 5.26. The highest BCUT2D eigenvalue weighted by Gasteiger charge is 2.07. The van der Waals surface area contributed by atoms with E-state index in [2.05, 4.69) is 10.2 Å². The van der Waals surface area contributed by atoms with E-state index >= 15 is 0 Å². The van der Waals surface area contributed by atoms with E-state index in [0.29, 0.717) is 19.6 Å². The van der Waals surface area contributed by atoms with Gasteiger partial charge in [0.25, 0.3) is 0 Å². The zero-order chi connectivity index (χ0) is 11.8. The minimum Gasteiger partial charge on any atom is -0.469 e. The molecule has 0 aliphatic carbocycles. The van der Waals surface area contributed by atoms with Crippen molar-refractivity contribution in [3.8, 4) is 0 Å². The van der Waals surface area contributed by atoms with Crippen molar-refractivity contribution in [1.29, 1.82) is 0 Å². The van der Waals surface area contributed by atoms with Crippen LogP contribution < -0.4 is 5.48 Å². The van der Waals surface area contributed by atoms with Crippen LogP contribution in [0.3, 0.4) is 0 Å². The van der Waals surface area contributed by atoms with Gasteiger partial charge >= 0.3 is 5.97 Å². The molecule has 0 heterocycles. The largest absolute Gasteiger partial charge is 0.469 e. The molecule has 16 heavy (non-hydrogen) atoms. The number of hydroxylamine groups is 1. The molecule has 1 aromatic carbocycles. The Labute approximate surface area is 95.5 Å². The molecule has 0 fully saturated rings. The minimum absolute atomic E-state index is 0.233. The highest BCUT2D eigenvalue weighted by Crippen LogP contribution is 2.09. The molecule has 0 bridgehead atoms. The van der Waals surface area contributed by atoms with Crippen LogP contribution in [0, 0.1) is 0 Å². The molecule has 0 atom stereocenters. The molecule has 4 nitrogen and oxygen atoms in total. The number of hydrogen-bond acceptors (Lipinski definition) is 4. The van der Waals surface area contributed by atoms with Gasteiger partial charge in [0.15, 0.2) is 0 Å². The van der Waals surface area contributed by atoms with Crippen LogP contribution in [0.1, 0.15) is 18.1 Å². The molecule has 0 amide bonds. The topological polar surface area (TPSA) is 47.6 Å². The summed E-state index contributed by atoms with van der Waals surface area (Å²) in [7, 11) is 1.39. The summed E-state index contributed by atoms with van der Waals surface area (Å²) in [5, 5.41) is 0. The van der Waals surface area contributed by atoms with E-state index in [1.54, 1.807) is 0 Å². The van der Waals surface area contributed by atoms with E-state index in [1.165, 1.54) is 7.11 Å². The number of carbonyl (C=O) groups excluding carboxylic acids is 1. The van der Waals surface area contributed by atoms with Gasteiger partial charge in [0.2, 0.25) is 0 Å². The first kappa shape index (κ1) is 12.7. The van der Waals surface area contributed by atoms with Gasteiger partial charge in [-0.2, -0.15) is 5.48 Å². The van der Waals surface area contributed by atoms with Crippen LogP contribution in [0.5, 0.6) is 0 Å². The van der Waals surface area contributed by atoms with Gasteiger partial charge in [0.05, 0.1) is 20.1 Å². The number of esters is 1. The SMILES string of the molecule is CCONCc1ccccc1CC(=O)OC. The third-order valence-corrected chi connectivity index (χ3v) is 2.19. The number of carbonyl (C=O) groups is 1. The summed E-state index contributed by atoms with van der Waals surface area (Å²) >= 11 is 0. The lowest BCUT2D eigenvalue weighted by Crippen LogP contribution is -2.16. The Bertz CT molecular complexity index is 339. The zero-order valence-electron chi connectivity index (χ0n) is 9.66. The molecule has 1 N–H and O–H groups in total. The van der Waals surface area contributed by atoms with Gasteiger partial charge in [0.1, 0.15) is 0 Å². The van der Waals surface area contributed by atoms with E-state index in [4.69, 9.17) is 4.84 Å². The van der Waals surface area contributed by atoms with Crippen LogP contribution in [0.4, 0.5) is 0 Å². The molecule has 1 aromatic rings. The molecule has 0 unspecified atom stereocenters. The van der Waals surface area contributed by atoms with E-state index < -0.39 is 0 Å².